The van der Waals surface area contributed by atoms with E-state index in [-0.39, 0.29) is 12.5 Å². The molecule has 15 heavy (non-hydrogen) atoms. The lowest BCUT2D eigenvalue weighted by molar-refractivity contribution is 0.0924. The van der Waals surface area contributed by atoms with E-state index in [2.05, 4.69) is 21.2 Å². The standard InChI is InChI=1S/C10H11BrClNO2/c1-6(14)5-13-10(15)7-2-3-9(12)8(11)4-7/h2-4,6,14H,5H2,1H3,(H,13,15)/t6-/m1/s1. The van der Waals surface area contributed by atoms with Gasteiger partial charge >= 0.3 is 0 Å². The van der Waals surface area contributed by atoms with Crippen molar-refractivity contribution >= 4 is 33.4 Å². The van der Waals surface area contributed by atoms with Gasteiger partial charge in [0.15, 0.2) is 0 Å². The summed E-state index contributed by atoms with van der Waals surface area (Å²) >= 11 is 9.03. The van der Waals surface area contributed by atoms with Crippen LogP contribution >= 0.6 is 27.5 Å². The van der Waals surface area contributed by atoms with Gasteiger partial charge in [-0.15, -0.1) is 0 Å². The molecule has 1 aromatic carbocycles. The van der Waals surface area contributed by atoms with Crippen LogP contribution in [0.15, 0.2) is 22.7 Å². The molecule has 0 aliphatic rings. The van der Waals surface area contributed by atoms with Crippen molar-refractivity contribution in [1.29, 1.82) is 0 Å². The average Bonchev–Trinajstić information content (AvgIpc) is 2.18. The monoisotopic (exact) mass is 291 g/mol. The summed E-state index contributed by atoms with van der Waals surface area (Å²) in [6.07, 6.45) is -0.551. The van der Waals surface area contributed by atoms with Crippen LogP contribution in [0.5, 0.6) is 0 Å². The number of amides is 1. The molecule has 1 atom stereocenters. The predicted molar refractivity (Wildman–Crippen MR) is 63.2 cm³/mol. The zero-order chi connectivity index (χ0) is 11.4. The number of nitrogens with one attached hydrogen (secondary N) is 1. The Morgan fingerprint density at radius 3 is 2.87 bits per heavy atom. The molecule has 0 heterocycles. The lowest BCUT2D eigenvalue weighted by Crippen LogP contribution is -2.30. The lowest BCUT2D eigenvalue weighted by Gasteiger charge is -2.07. The van der Waals surface area contributed by atoms with Gasteiger partial charge in [0.1, 0.15) is 0 Å². The number of rotatable bonds is 3. The van der Waals surface area contributed by atoms with Gasteiger partial charge in [-0.2, -0.15) is 0 Å². The van der Waals surface area contributed by atoms with Crippen LogP contribution in [0, 0.1) is 0 Å². The third-order valence-electron chi connectivity index (χ3n) is 1.74. The highest BCUT2D eigenvalue weighted by Crippen LogP contribution is 2.23. The molecule has 82 valence electrons. The van der Waals surface area contributed by atoms with E-state index in [4.69, 9.17) is 16.7 Å². The van der Waals surface area contributed by atoms with Crippen LogP contribution in [0.1, 0.15) is 17.3 Å². The maximum Gasteiger partial charge on any atom is 0.251 e. The van der Waals surface area contributed by atoms with Crippen molar-refractivity contribution in [2.24, 2.45) is 0 Å². The van der Waals surface area contributed by atoms with Crippen molar-refractivity contribution in [2.75, 3.05) is 6.54 Å². The molecule has 0 aliphatic heterocycles. The molecule has 5 heteroatoms. The smallest absolute Gasteiger partial charge is 0.251 e. The van der Waals surface area contributed by atoms with Gasteiger partial charge in [-0.05, 0) is 41.1 Å². The highest BCUT2D eigenvalue weighted by molar-refractivity contribution is 9.10. The van der Waals surface area contributed by atoms with Crippen molar-refractivity contribution < 1.29 is 9.90 Å². The molecule has 0 spiro atoms. The predicted octanol–water partition coefficient (Wildman–Crippen LogP) is 2.21. The van der Waals surface area contributed by atoms with Gasteiger partial charge in [0.25, 0.3) is 5.91 Å². The van der Waals surface area contributed by atoms with E-state index in [0.717, 1.165) is 0 Å². The first-order chi connectivity index (χ1) is 7.00. The summed E-state index contributed by atoms with van der Waals surface area (Å²) < 4.78 is 0.675. The summed E-state index contributed by atoms with van der Waals surface area (Å²) in [5.74, 6) is -0.228. The summed E-state index contributed by atoms with van der Waals surface area (Å²) in [7, 11) is 0. The molecule has 1 aromatic rings. The number of carbonyl (C=O) groups is 1. The summed E-state index contributed by atoms with van der Waals surface area (Å²) in [4.78, 5) is 11.5. The van der Waals surface area contributed by atoms with Crippen LogP contribution in [-0.4, -0.2) is 23.7 Å². The van der Waals surface area contributed by atoms with E-state index in [1.807, 2.05) is 0 Å². The molecular formula is C10H11BrClNO2. The number of aliphatic hydroxyl groups is 1. The van der Waals surface area contributed by atoms with Crippen molar-refractivity contribution in [1.82, 2.24) is 5.32 Å². The molecule has 0 radical (unpaired) electrons. The van der Waals surface area contributed by atoms with Gasteiger partial charge in [-0.3, -0.25) is 4.79 Å². The Hall–Kier alpha value is -0.580. The number of halogens is 2. The van der Waals surface area contributed by atoms with Gasteiger partial charge in [0, 0.05) is 16.6 Å². The van der Waals surface area contributed by atoms with Crippen LogP contribution in [0.4, 0.5) is 0 Å². The van der Waals surface area contributed by atoms with Crippen LogP contribution < -0.4 is 5.32 Å². The number of benzene rings is 1. The van der Waals surface area contributed by atoms with E-state index in [1.54, 1.807) is 25.1 Å². The van der Waals surface area contributed by atoms with E-state index < -0.39 is 6.10 Å². The summed E-state index contributed by atoms with van der Waals surface area (Å²) in [5, 5.41) is 12.2. The van der Waals surface area contributed by atoms with Crippen molar-refractivity contribution in [3.8, 4) is 0 Å². The third-order valence-corrected chi connectivity index (χ3v) is 2.95. The van der Waals surface area contributed by atoms with Crippen LogP contribution in [0.2, 0.25) is 5.02 Å². The minimum atomic E-state index is -0.551. The molecule has 0 saturated heterocycles. The SMILES string of the molecule is C[C@@H](O)CNC(=O)c1ccc(Cl)c(Br)c1. The zero-order valence-electron chi connectivity index (χ0n) is 8.13. The molecule has 0 unspecified atom stereocenters. The fourth-order valence-electron chi connectivity index (χ4n) is 0.980. The van der Waals surface area contributed by atoms with E-state index in [1.165, 1.54) is 0 Å². The second-order valence-corrected chi connectivity index (χ2v) is 4.45. The third kappa shape index (κ3) is 3.81. The van der Waals surface area contributed by atoms with Gasteiger partial charge in [0.05, 0.1) is 11.1 Å². The molecule has 1 amide bonds. The fourth-order valence-corrected chi connectivity index (χ4v) is 1.48. The molecule has 1 rings (SSSR count). The van der Waals surface area contributed by atoms with Gasteiger partial charge in [-0.1, -0.05) is 11.6 Å². The van der Waals surface area contributed by atoms with Crippen molar-refractivity contribution in [3.63, 3.8) is 0 Å². The van der Waals surface area contributed by atoms with Crippen molar-refractivity contribution in [3.05, 3.63) is 33.3 Å². The molecule has 3 nitrogen and oxygen atoms in total. The Bertz CT molecular complexity index is 368. The average molecular weight is 293 g/mol. The maximum absolute atomic E-state index is 11.5. The molecule has 0 fully saturated rings. The Balaban J connectivity index is 2.70. The van der Waals surface area contributed by atoms with Crippen LogP contribution in [0.3, 0.4) is 0 Å². The summed E-state index contributed by atoms with van der Waals surface area (Å²) in [6.45, 7) is 1.84. The van der Waals surface area contributed by atoms with E-state index in [0.29, 0.717) is 15.1 Å². The van der Waals surface area contributed by atoms with Crippen LogP contribution in [-0.2, 0) is 0 Å². The van der Waals surface area contributed by atoms with Crippen molar-refractivity contribution in [2.45, 2.75) is 13.0 Å². The molecule has 0 aromatic heterocycles. The molecular weight excluding hydrogens is 281 g/mol. The minimum Gasteiger partial charge on any atom is -0.392 e. The topological polar surface area (TPSA) is 49.3 Å². The van der Waals surface area contributed by atoms with Gasteiger partial charge < -0.3 is 10.4 Å². The lowest BCUT2D eigenvalue weighted by atomic mass is 10.2. The Morgan fingerprint density at radius 1 is 1.67 bits per heavy atom. The summed E-state index contributed by atoms with van der Waals surface area (Å²) in [6, 6.07) is 4.91. The fraction of sp³-hybridized carbons (Fsp3) is 0.300. The molecule has 0 bridgehead atoms. The maximum atomic E-state index is 11.5. The van der Waals surface area contributed by atoms with E-state index >= 15 is 0 Å². The number of carbonyl (C=O) groups excluding carboxylic acids is 1. The highest BCUT2D eigenvalue weighted by atomic mass is 79.9. The Labute approximate surface area is 102 Å². The second-order valence-electron chi connectivity index (χ2n) is 3.19. The Kier molecular flexibility index (Phi) is 4.57. The first-order valence-electron chi connectivity index (χ1n) is 4.42. The normalized spacial score (nSPS) is 12.3. The first kappa shape index (κ1) is 12.5. The second kappa shape index (κ2) is 5.49. The van der Waals surface area contributed by atoms with Gasteiger partial charge in [0.2, 0.25) is 0 Å². The van der Waals surface area contributed by atoms with Gasteiger partial charge in [-0.25, -0.2) is 0 Å². The summed E-state index contributed by atoms with van der Waals surface area (Å²) in [5.41, 5.74) is 0.506. The number of aliphatic hydroxyl groups excluding tert-OH is 1. The van der Waals surface area contributed by atoms with E-state index in [9.17, 15) is 4.79 Å². The molecule has 0 aliphatic carbocycles. The molecule has 2 N–H and O–H groups in total. The minimum absolute atomic E-state index is 0.228. The molecule has 0 saturated carbocycles. The quantitative estimate of drug-likeness (QED) is 0.897. The highest BCUT2D eigenvalue weighted by Gasteiger charge is 2.07. The number of hydrogen-bond donors (Lipinski definition) is 2. The first-order valence-corrected chi connectivity index (χ1v) is 5.59. The Morgan fingerprint density at radius 2 is 2.33 bits per heavy atom. The largest absolute Gasteiger partial charge is 0.392 e. The zero-order valence-corrected chi connectivity index (χ0v) is 10.5. The number of hydrogen-bond acceptors (Lipinski definition) is 2. The van der Waals surface area contributed by atoms with Crippen LogP contribution in [0.25, 0.3) is 0 Å².